The standard InChI is InChI=1S/C10H10F3N3O/c11-10(12,13)5-1-2-7(15-4-5)9(17)16-8-3-6(8)14/h1-2,4,6,8H,3,14H2,(H,16,17). The summed E-state index contributed by atoms with van der Waals surface area (Å²) in [6.07, 6.45) is -3.12. The van der Waals surface area contributed by atoms with E-state index in [1.807, 2.05) is 0 Å². The molecule has 0 saturated heterocycles. The molecule has 3 N–H and O–H groups in total. The van der Waals surface area contributed by atoms with Crippen LogP contribution >= 0.6 is 0 Å². The highest BCUT2D eigenvalue weighted by molar-refractivity contribution is 5.92. The molecule has 17 heavy (non-hydrogen) atoms. The molecule has 92 valence electrons. The third-order valence-electron chi connectivity index (χ3n) is 2.48. The second-order valence-corrected chi connectivity index (χ2v) is 3.91. The van der Waals surface area contributed by atoms with Crippen LogP contribution in [0.15, 0.2) is 18.3 Å². The summed E-state index contributed by atoms with van der Waals surface area (Å²) in [5, 5.41) is 2.57. The normalized spacial score (nSPS) is 23.3. The van der Waals surface area contributed by atoms with Crippen LogP contribution in [0.5, 0.6) is 0 Å². The summed E-state index contributed by atoms with van der Waals surface area (Å²) < 4.78 is 36.7. The fourth-order valence-corrected chi connectivity index (χ4v) is 1.32. The number of alkyl halides is 3. The minimum absolute atomic E-state index is 0.0444. The molecule has 1 heterocycles. The van der Waals surface area contributed by atoms with Gasteiger partial charge in [-0.1, -0.05) is 0 Å². The van der Waals surface area contributed by atoms with E-state index in [4.69, 9.17) is 5.73 Å². The first-order valence-corrected chi connectivity index (χ1v) is 4.97. The van der Waals surface area contributed by atoms with Gasteiger partial charge < -0.3 is 11.1 Å². The Labute approximate surface area is 95.0 Å². The van der Waals surface area contributed by atoms with Gasteiger partial charge in [-0.3, -0.25) is 9.78 Å². The number of nitrogens with one attached hydrogen (secondary N) is 1. The van der Waals surface area contributed by atoms with Gasteiger partial charge >= 0.3 is 6.18 Å². The highest BCUT2D eigenvalue weighted by atomic mass is 19.4. The molecule has 2 rings (SSSR count). The quantitative estimate of drug-likeness (QED) is 0.814. The van der Waals surface area contributed by atoms with Crippen LogP contribution in [0, 0.1) is 0 Å². The zero-order valence-electron chi connectivity index (χ0n) is 8.66. The molecule has 1 aromatic heterocycles. The van der Waals surface area contributed by atoms with Crippen molar-refractivity contribution in [1.29, 1.82) is 0 Å². The molecule has 4 nitrogen and oxygen atoms in total. The first-order chi connectivity index (χ1) is 7.88. The van der Waals surface area contributed by atoms with E-state index in [2.05, 4.69) is 10.3 Å². The average molecular weight is 245 g/mol. The fourth-order valence-electron chi connectivity index (χ4n) is 1.32. The van der Waals surface area contributed by atoms with Gasteiger partial charge in [0.05, 0.1) is 5.56 Å². The monoisotopic (exact) mass is 245 g/mol. The highest BCUT2D eigenvalue weighted by Crippen LogP contribution is 2.28. The summed E-state index contributed by atoms with van der Waals surface area (Å²) in [6.45, 7) is 0. The van der Waals surface area contributed by atoms with E-state index in [0.717, 1.165) is 12.1 Å². The van der Waals surface area contributed by atoms with Crippen molar-refractivity contribution >= 4 is 5.91 Å². The van der Waals surface area contributed by atoms with Crippen molar-refractivity contribution in [2.45, 2.75) is 24.7 Å². The number of hydrogen-bond acceptors (Lipinski definition) is 3. The molecule has 2 unspecified atom stereocenters. The van der Waals surface area contributed by atoms with Gasteiger partial charge in [-0.05, 0) is 18.6 Å². The van der Waals surface area contributed by atoms with E-state index in [1.54, 1.807) is 0 Å². The Bertz CT molecular complexity index is 429. The summed E-state index contributed by atoms with van der Waals surface area (Å²) in [4.78, 5) is 15.0. The third kappa shape index (κ3) is 2.73. The number of rotatable bonds is 2. The number of amides is 1. The molecule has 1 aliphatic rings. The maximum atomic E-state index is 12.2. The predicted octanol–water partition coefficient (Wildman–Crippen LogP) is 0.930. The lowest BCUT2D eigenvalue weighted by Crippen LogP contribution is -2.30. The molecule has 1 saturated carbocycles. The first kappa shape index (κ1) is 11.8. The van der Waals surface area contributed by atoms with Gasteiger partial charge in [0.25, 0.3) is 5.91 Å². The van der Waals surface area contributed by atoms with Crippen molar-refractivity contribution in [1.82, 2.24) is 10.3 Å². The van der Waals surface area contributed by atoms with E-state index in [9.17, 15) is 18.0 Å². The number of halogens is 3. The van der Waals surface area contributed by atoms with E-state index >= 15 is 0 Å². The van der Waals surface area contributed by atoms with Crippen molar-refractivity contribution in [2.75, 3.05) is 0 Å². The van der Waals surface area contributed by atoms with Gasteiger partial charge in [0.1, 0.15) is 5.69 Å². The number of aromatic nitrogens is 1. The van der Waals surface area contributed by atoms with Gasteiger partial charge in [0, 0.05) is 18.3 Å². The van der Waals surface area contributed by atoms with Crippen molar-refractivity contribution in [3.63, 3.8) is 0 Å². The molecular formula is C10H10F3N3O. The Morgan fingerprint density at radius 3 is 2.53 bits per heavy atom. The molecular weight excluding hydrogens is 235 g/mol. The maximum Gasteiger partial charge on any atom is 0.417 e. The van der Waals surface area contributed by atoms with Gasteiger partial charge in [-0.2, -0.15) is 13.2 Å². The number of nitrogens with two attached hydrogens (primary N) is 1. The molecule has 0 bridgehead atoms. The average Bonchev–Trinajstić information content (AvgIpc) is 2.93. The highest BCUT2D eigenvalue weighted by Gasteiger charge is 2.35. The Balaban J connectivity index is 2.04. The topological polar surface area (TPSA) is 68.0 Å². The Morgan fingerprint density at radius 2 is 2.12 bits per heavy atom. The van der Waals surface area contributed by atoms with Crippen LogP contribution in [0.4, 0.5) is 13.2 Å². The number of hydrogen-bond donors (Lipinski definition) is 2. The lowest BCUT2D eigenvalue weighted by atomic mass is 10.2. The summed E-state index contributed by atoms with van der Waals surface area (Å²) in [5.41, 5.74) is 4.57. The summed E-state index contributed by atoms with van der Waals surface area (Å²) in [5.74, 6) is -0.503. The summed E-state index contributed by atoms with van der Waals surface area (Å²) >= 11 is 0. The van der Waals surface area contributed by atoms with E-state index < -0.39 is 17.6 Å². The fraction of sp³-hybridized carbons (Fsp3) is 0.400. The maximum absolute atomic E-state index is 12.2. The lowest BCUT2D eigenvalue weighted by molar-refractivity contribution is -0.137. The molecule has 1 fully saturated rings. The predicted molar refractivity (Wildman–Crippen MR) is 53.1 cm³/mol. The molecule has 0 radical (unpaired) electrons. The summed E-state index contributed by atoms with van der Waals surface area (Å²) in [7, 11) is 0. The molecule has 7 heteroatoms. The second kappa shape index (κ2) is 3.99. The van der Waals surface area contributed by atoms with Crippen LogP contribution < -0.4 is 11.1 Å². The Kier molecular flexibility index (Phi) is 2.78. The van der Waals surface area contributed by atoms with Gasteiger partial charge in [0.15, 0.2) is 0 Å². The number of nitrogens with zero attached hydrogens (tertiary/aromatic N) is 1. The molecule has 1 aromatic rings. The Hall–Kier alpha value is -1.63. The zero-order valence-corrected chi connectivity index (χ0v) is 8.66. The molecule has 0 spiro atoms. The molecule has 0 aromatic carbocycles. The number of carbonyl (C=O) groups excluding carboxylic acids is 1. The van der Waals surface area contributed by atoms with Gasteiger partial charge in [-0.25, -0.2) is 0 Å². The molecule has 0 aliphatic heterocycles. The SMILES string of the molecule is NC1CC1NC(=O)c1ccc(C(F)(F)F)cn1. The van der Waals surface area contributed by atoms with Crippen molar-refractivity contribution < 1.29 is 18.0 Å². The van der Waals surface area contributed by atoms with Gasteiger partial charge in [-0.15, -0.1) is 0 Å². The van der Waals surface area contributed by atoms with Crippen LogP contribution in [-0.2, 0) is 6.18 Å². The van der Waals surface area contributed by atoms with Crippen LogP contribution in [0.3, 0.4) is 0 Å². The lowest BCUT2D eigenvalue weighted by Gasteiger charge is -2.07. The van der Waals surface area contributed by atoms with Gasteiger partial charge in [0.2, 0.25) is 0 Å². The smallest absolute Gasteiger partial charge is 0.346 e. The van der Waals surface area contributed by atoms with E-state index in [1.165, 1.54) is 0 Å². The minimum atomic E-state index is -4.44. The zero-order chi connectivity index (χ0) is 12.6. The van der Waals surface area contributed by atoms with Crippen molar-refractivity contribution in [3.8, 4) is 0 Å². The Morgan fingerprint density at radius 1 is 1.47 bits per heavy atom. The van der Waals surface area contributed by atoms with Crippen molar-refractivity contribution in [3.05, 3.63) is 29.6 Å². The van der Waals surface area contributed by atoms with Crippen LogP contribution in [0.2, 0.25) is 0 Å². The van der Waals surface area contributed by atoms with Crippen molar-refractivity contribution in [2.24, 2.45) is 5.73 Å². The van der Waals surface area contributed by atoms with Crippen LogP contribution in [0.1, 0.15) is 22.5 Å². The number of carbonyl (C=O) groups is 1. The molecule has 1 aliphatic carbocycles. The van der Waals surface area contributed by atoms with E-state index in [0.29, 0.717) is 12.6 Å². The number of pyridine rings is 1. The summed E-state index contributed by atoms with van der Waals surface area (Å²) in [6, 6.07) is 1.72. The molecule has 1 amide bonds. The third-order valence-corrected chi connectivity index (χ3v) is 2.48. The minimum Gasteiger partial charge on any atom is -0.346 e. The molecule has 2 atom stereocenters. The first-order valence-electron chi connectivity index (χ1n) is 4.97. The second-order valence-electron chi connectivity index (χ2n) is 3.91. The van der Waals surface area contributed by atoms with Crippen LogP contribution in [-0.4, -0.2) is 23.0 Å². The largest absolute Gasteiger partial charge is 0.417 e. The van der Waals surface area contributed by atoms with E-state index in [-0.39, 0.29) is 17.8 Å². The van der Waals surface area contributed by atoms with Crippen LogP contribution in [0.25, 0.3) is 0 Å².